The normalized spacial score (nSPS) is 16.8. The third-order valence-electron chi connectivity index (χ3n) is 7.05. The van der Waals surface area contributed by atoms with Crippen molar-refractivity contribution in [1.82, 2.24) is 29.5 Å². The fourth-order valence-electron chi connectivity index (χ4n) is 4.84. The van der Waals surface area contributed by atoms with E-state index in [0.29, 0.717) is 35.1 Å². The second-order valence-corrected chi connectivity index (χ2v) is 9.80. The minimum Gasteiger partial charge on any atom is -0.494 e. The van der Waals surface area contributed by atoms with Gasteiger partial charge in [-0.1, -0.05) is 0 Å². The van der Waals surface area contributed by atoms with Crippen molar-refractivity contribution in [3.63, 3.8) is 0 Å². The average molecular weight is 606 g/mol. The van der Waals surface area contributed by atoms with E-state index in [1.807, 2.05) is 0 Å². The quantitative estimate of drug-likeness (QED) is 0.215. The molecule has 226 valence electrons. The maximum absolute atomic E-state index is 15.3. The molecular formula is C30H28F2N8O4. The molecule has 1 amide bonds. The Balaban J connectivity index is 1.27. The van der Waals surface area contributed by atoms with Gasteiger partial charge < -0.3 is 24.8 Å². The Bertz CT molecular complexity index is 2010. The molecule has 0 aliphatic carbocycles. The van der Waals surface area contributed by atoms with Crippen LogP contribution < -0.4 is 24.8 Å². The van der Waals surface area contributed by atoms with E-state index in [0.717, 1.165) is 6.08 Å². The maximum atomic E-state index is 15.3. The molecule has 5 aromatic rings. The molecule has 44 heavy (non-hydrogen) atoms. The molecule has 1 fully saturated rings. The van der Waals surface area contributed by atoms with Crippen LogP contribution in [-0.4, -0.2) is 69.2 Å². The van der Waals surface area contributed by atoms with E-state index < -0.39 is 30.6 Å². The third kappa shape index (κ3) is 5.79. The number of nitrogens with zero attached hydrogens (tertiary/aromatic N) is 6. The van der Waals surface area contributed by atoms with E-state index in [1.165, 1.54) is 60.6 Å². The Labute approximate surface area is 254 Å². The SMILES string of the molecule is [2H]C([2H])([2H])N1CCC[C@@H]1/C=C(/F)C(=O)Nc1cc2c(Nc3cc(F)c(Oc4ccn5ncnc5c4)cc3OC)ncnc2cc1OC. The van der Waals surface area contributed by atoms with Crippen LogP contribution in [0.1, 0.15) is 17.0 Å². The van der Waals surface area contributed by atoms with Crippen molar-refractivity contribution < 1.29 is 31.9 Å². The number of hydrogen-bond acceptors (Lipinski definition) is 10. The Kier molecular flexibility index (Phi) is 6.91. The molecule has 0 saturated carbocycles. The maximum Gasteiger partial charge on any atom is 0.284 e. The lowest BCUT2D eigenvalue weighted by Gasteiger charge is -2.17. The number of carbonyl (C=O) groups excluding carboxylic acids is 1. The van der Waals surface area contributed by atoms with Crippen molar-refractivity contribution in [2.24, 2.45) is 0 Å². The smallest absolute Gasteiger partial charge is 0.284 e. The molecule has 2 N–H and O–H groups in total. The van der Waals surface area contributed by atoms with Gasteiger partial charge in [-0.2, -0.15) is 5.10 Å². The largest absolute Gasteiger partial charge is 0.494 e. The van der Waals surface area contributed by atoms with Crippen molar-refractivity contribution in [3.05, 3.63) is 73.0 Å². The minimum atomic E-state index is -2.41. The molecule has 0 unspecified atom stereocenters. The molecule has 0 radical (unpaired) electrons. The zero-order valence-corrected chi connectivity index (χ0v) is 23.5. The highest BCUT2D eigenvalue weighted by Crippen LogP contribution is 2.38. The minimum absolute atomic E-state index is 0.0945. The summed E-state index contributed by atoms with van der Waals surface area (Å²) in [6.07, 6.45) is 6.28. The van der Waals surface area contributed by atoms with Crippen LogP contribution in [0.4, 0.5) is 26.0 Å². The van der Waals surface area contributed by atoms with E-state index >= 15 is 8.78 Å². The first-order chi connectivity index (χ1) is 22.5. The van der Waals surface area contributed by atoms with Gasteiger partial charge in [0, 0.05) is 46.0 Å². The van der Waals surface area contributed by atoms with Crippen LogP contribution >= 0.6 is 0 Å². The van der Waals surface area contributed by atoms with Gasteiger partial charge >= 0.3 is 0 Å². The lowest BCUT2D eigenvalue weighted by atomic mass is 10.1. The summed E-state index contributed by atoms with van der Waals surface area (Å²) in [5.74, 6) is -2.08. The number of nitrogens with one attached hydrogen (secondary N) is 2. The van der Waals surface area contributed by atoms with Gasteiger partial charge in [-0.05, 0) is 44.6 Å². The molecule has 6 rings (SSSR count). The zero-order chi connectivity index (χ0) is 33.3. The highest BCUT2D eigenvalue weighted by molar-refractivity contribution is 6.05. The molecule has 2 aromatic carbocycles. The van der Waals surface area contributed by atoms with Crippen LogP contribution in [0.15, 0.2) is 67.2 Å². The number of carbonyl (C=O) groups is 1. The number of benzene rings is 2. The Morgan fingerprint density at radius 3 is 2.73 bits per heavy atom. The molecule has 1 aliphatic heterocycles. The highest BCUT2D eigenvalue weighted by atomic mass is 19.1. The predicted octanol–water partition coefficient (Wildman–Crippen LogP) is 5.25. The summed E-state index contributed by atoms with van der Waals surface area (Å²) in [6, 6.07) is 8.01. The third-order valence-corrected chi connectivity index (χ3v) is 7.05. The van der Waals surface area contributed by atoms with Crippen molar-refractivity contribution in [2.45, 2.75) is 18.9 Å². The van der Waals surface area contributed by atoms with Crippen LogP contribution in [0.3, 0.4) is 0 Å². The molecule has 1 aliphatic rings. The van der Waals surface area contributed by atoms with E-state index in [1.54, 1.807) is 18.3 Å². The number of methoxy groups -OCH3 is 2. The van der Waals surface area contributed by atoms with Gasteiger partial charge in [0.25, 0.3) is 5.91 Å². The lowest BCUT2D eigenvalue weighted by Crippen LogP contribution is -2.24. The fourth-order valence-corrected chi connectivity index (χ4v) is 4.84. The van der Waals surface area contributed by atoms with E-state index in [4.69, 9.17) is 18.3 Å². The van der Waals surface area contributed by atoms with Crippen molar-refractivity contribution in [1.29, 1.82) is 0 Å². The standard InChI is InChI=1S/C30H28F2N8O4/c1-39-7-4-5-17(39)9-21(32)30(41)38-23-11-19-22(13-26(23)42-2)33-15-35-29(19)37-24-12-20(31)25(14-27(24)43-3)44-18-6-8-40-28(10-18)34-16-36-40/h6,8-17H,4-5,7H2,1-3H3,(H,38,41)(H,33,35,37)/b21-9+/t17-/m1/s1/i1D3. The van der Waals surface area contributed by atoms with Crippen molar-refractivity contribution in [3.8, 4) is 23.0 Å². The van der Waals surface area contributed by atoms with Gasteiger partial charge in [0.1, 0.15) is 35.7 Å². The summed E-state index contributed by atoms with van der Waals surface area (Å²) in [5.41, 5.74) is 1.22. The lowest BCUT2D eigenvalue weighted by molar-refractivity contribution is -0.114. The Morgan fingerprint density at radius 1 is 1.07 bits per heavy atom. The number of likely N-dealkylation sites (N-methyl/N-ethyl adjacent to an activating group) is 1. The number of aromatic nitrogens is 5. The van der Waals surface area contributed by atoms with Crippen LogP contribution in [0, 0.1) is 5.82 Å². The summed E-state index contributed by atoms with van der Waals surface area (Å²) in [4.78, 5) is 26.7. The summed E-state index contributed by atoms with van der Waals surface area (Å²) in [5, 5.41) is 9.92. The van der Waals surface area contributed by atoms with E-state index in [2.05, 4.69) is 30.7 Å². The second-order valence-electron chi connectivity index (χ2n) is 9.80. The topological polar surface area (TPSA) is 128 Å². The summed E-state index contributed by atoms with van der Waals surface area (Å²) < 4.78 is 71.6. The Hall–Kier alpha value is -5.37. The fraction of sp³-hybridized carbons (Fsp3) is 0.233. The van der Waals surface area contributed by atoms with Gasteiger partial charge in [-0.25, -0.2) is 28.2 Å². The number of pyridine rings is 1. The van der Waals surface area contributed by atoms with Crippen LogP contribution in [0.2, 0.25) is 0 Å². The zero-order valence-electron chi connectivity index (χ0n) is 26.5. The van der Waals surface area contributed by atoms with E-state index in [9.17, 15) is 4.79 Å². The molecule has 12 nitrogen and oxygen atoms in total. The molecular weight excluding hydrogens is 574 g/mol. The predicted molar refractivity (Wildman–Crippen MR) is 159 cm³/mol. The number of hydrogen-bond donors (Lipinski definition) is 2. The molecule has 1 saturated heterocycles. The number of ether oxygens (including phenoxy) is 3. The van der Waals surface area contributed by atoms with Gasteiger partial charge in [0.05, 0.1) is 31.1 Å². The van der Waals surface area contributed by atoms with E-state index in [-0.39, 0.29) is 41.0 Å². The number of rotatable bonds is 9. The van der Waals surface area contributed by atoms with Gasteiger partial charge in [0.15, 0.2) is 23.0 Å². The van der Waals surface area contributed by atoms with Crippen LogP contribution in [0.25, 0.3) is 16.6 Å². The summed E-state index contributed by atoms with van der Waals surface area (Å²) >= 11 is 0. The van der Waals surface area contributed by atoms with Crippen LogP contribution in [-0.2, 0) is 4.79 Å². The molecule has 3 aromatic heterocycles. The highest BCUT2D eigenvalue weighted by Gasteiger charge is 2.23. The van der Waals surface area contributed by atoms with Gasteiger partial charge in [-0.3, -0.25) is 9.69 Å². The summed E-state index contributed by atoms with van der Waals surface area (Å²) in [6.45, 7) is -2.14. The molecule has 1 atom stereocenters. The van der Waals surface area contributed by atoms with Crippen molar-refractivity contribution >= 4 is 39.6 Å². The van der Waals surface area contributed by atoms with Gasteiger partial charge in [-0.15, -0.1) is 0 Å². The summed E-state index contributed by atoms with van der Waals surface area (Å²) in [7, 11) is 2.78. The molecule has 0 spiro atoms. The second kappa shape index (κ2) is 12.1. The van der Waals surface area contributed by atoms with Gasteiger partial charge in [0.2, 0.25) is 0 Å². The molecule has 0 bridgehead atoms. The van der Waals surface area contributed by atoms with Crippen molar-refractivity contribution in [2.75, 3.05) is 38.4 Å². The first kappa shape index (κ1) is 25.2. The number of likely N-dealkylation sites (tertiary alicyclic amines) is 1. The number of anilines is 3. The molecule has 14 heteroatoms. The number of amides is 1. The Morgan fingerprint density at radius 2 is 1.91 bits per heavy atom. The molecule has 4 heterocycles. The van der Waals surface area contributed by atoms with Crippen LogP contribution in [0.5, 0.6) is 23.0 Å². The monoisotopic (exact) mass is 605 g/mol. The number of halogens is 2. The average Bonchev–Trinajstić information content (AvgIpc) is 3.72. The first-order valence-corrected chi connectivity index (χ1v) is 13.4. The first-order valence-electron chi connectivity index (χ1n) is 14.9. The number of fused-ring (bicyclic) bond motifs is 2.